The first-order chi connectivity index (χ1) is 19.8. The molecule has 1 unspecified atom stereocenters. The summed E-state index contributed by atoms with van der Waals surface area (Å²) in [5, 5.41) is 9.86. The number of imidazole rings is 1. The number of hydrogen-bond donors (Lipinski definition) is 2. The highest BCUT2D eigenvalue weighted by atomic mass is 32.2. The van der Waals surface area contributed by atoms with Crippen LogP contribution in [0.2, 0.25) is 0 Å². The zero-order valence-electron chi connectivity index (χ0n) is 23.9. The van der Waals surface area contributed by atoms with E-state index in [0.717, 1.165) is 23.8 Å². The first-order valence-electron chi connectivity index (χ1n) is 13.9. The predicted molar refractivity (Wildman–Crippen MR) is 154 cm³/mol. The molecule has 1 atom stereocenters. The van der Waals surface area contributed by atoms with Crippen molar-refractivity contribution in [2.45, 2.75) is 76.4 Å². The molecule has 2 aliphatic rings. The van der Waals surface area contributed by atoms with E-state index in [-0.39, 0.29) is 53.2 Å². The number of nitrogens with one attached hydrogen (secondary N) is 2. The van der Waals surface area contributed by atoms with E-state index < -0.39 is 32.7 Å². The maximum atomic E-state index is 13.8. The Morgan fingerprint density at radius 1 is 1.24 bits per heavy atom. The van der Waals surface area contributed by atoms with E-state index in [9.17, 15) is 26.8 Å². The highest BCUT2D eigenvalue weighted by molar-refractivity contribution is 7.89. The molecule has 4 heterocycles. The number of rotatable bonds is 9. The molecule has 0 radical (unpaired) electrons. The summed E-state index contributed by atoms with van der Waals surface area (Å²) < 4.78 is 64.8. The maximum Gasteiger partial charge on any atom is 0.335 e. The molecule has 0 aliphatic carbocycles. The third-order valence-corrected chi connectivity index (χ3v) is 10.0. The SMILES string of the molecule is CCn1c(=O)n(-c2nnc(C(F)F)s2)c2cc(S(=O)(=O)NC3(C)COC3)cc(N3CCCCC(NC(=O)C(C)C)C3)c21. The smallest absolute Gasteiger partial charge is 0.335 e. The Bertz CT molecular complexity index is 1650. The number of ether oxygens (including phenoxy) is 1. The minimum atomic E-state index is -4.11. The van der Waals surface area contributed by atoms with Crippen molar-refractivity contribution < 1.29 is 26.7 Å². The van der Waals surface area contributed by atoms with Crippen molar-refractivity contribution in [3.8, 4) is 5.13 Å². The van der Waals surface area contributed by atoms with Crippen LogP contribution in [0.25, 0.3) is 16.2 Å². The average Bonchev–Trinajstić information content (AvgIpc) is 3.42. The van der Waals surface area contributed by atoms with Crippen molar-refractivity contribution in [3.63, 3.8) is 0 Å². The number of halogens is 2. The van der Waals surface area contributed by atoms with Crippen LogP contribution >= 0.6 is 11.3 Å². The van der Waals surface area contributed by atoms with E-state index in [1.54, 1.807) is 19.9 Å². The number of aromatic nitrogens is 4. The number of alkyl halides is 2. The Kier molecular flexibility index (Phi) is 8.44. The molecule has 0 bridgehead atoms. The van der Waals surface area contributed by atoms with Gasteiger partial charge < -0.3 is 15.0 Å². The lowest BCUT2D eigenvalue weighted by atomic mass is 10.0. The second-order valence-corrected chi connectivity index (χ2v) is 14.0. The molecule has 230 valence electrons. The van der Waals surface area contributed by atoms with Crippen molar-refractivity contribution in [1.82, 2.24) is 29.4 Å². The number of nitrogens with zero attached hydrogens (tertiary/aromatic N) is 5. The number of carbonyl (C=O) groups is 1. The lowest BCUT2D eigenvalue weighted by Gasteiger charge is -2.38. The predicted octanol–water partition coefficient (Wildman–Crippen LogP) is 2.80. The van der Waals surface area contributed by atoms with Gasteiger partial charge in [0.2, 0.25) is 21.1 Å². The van der Waals surface area contributed by atoms with Gasteiger partial charge in [-0.2, -0.15) is 0 Å². The van der Waals surface area contributed by atoms with Crippen molar-refractivity contribution >= 4 is 44.0 Å². The highest BCUT2D eigenvalue weighted by Crippen LogP contribution is 2.35. The summed E-state index contributed by atoms with van der Waals surface area (Å²) in [6, 6.07) is 2.72. The molecular weight excluding hydrogens is 592 g/mol. The zero-order valence-corrected chi connectivity index (χ0v) is 25.5. The van der Waals surface area contributed by atoms with Crippen LogP contribution in [0, 0.1) is 5.92 Å². The molecule has 0 saturated carbocycles. The quantitative estimate of drug-likeness (QED) is 0.369. The number of carbonyl (C=O) groups excluding carboxylic acids is 1. The standard InChI is InChI=1S/C26H35F2N7O5S2/c1-5-34-20-18(33-9-7-6-8-16(12-33)29-22(36)15(2)3)10-17(42(38,39)32-26(4)13-40-14-26)11-19(20)35(25(34)37)24-31-30-23(41-24)21(27)28/h10-11,15-16,21,32H,5-9,12-14H2,1-4H3,(H,29,36). The van der Waals surface area contributed by atoms with Gasteiger partial charge >= 0.3 is 5.69 Å². The number of fused-ring (bicyclic) bond motifs is 1. The third-order valence-electron chi connectivity index (χ3n) is 7.52. The summed E-state index contributed by atoms with van der Waals surface area (Å²) >= 11 is 0.572. The fraction of sp³-hybridized carbons (Fsp3) is 0.615. The van der Waals surface area contributed by atoms with Crippen LogP contribution in [0.5, 0.6) is 0 Å². The van der Waals surface area contributed by atoms with Crippen molar-refractivity contribution in [2.24, 2.45) is 5.92 Å². The molecule has 16 heteroatoms. The van der Waals surface area contributed by atoms with E-state index in [0.29, 0.717) is 35.6 Å². The molecule has 5 rings (SSSR count). The van der Waals surface area contributed by atoms with Crippen LogP contribution in [0.1, 0.15) is 58.4 Å². The van der Waals surface area contributed by atoms with Crippen LogP contribution < -0.4 is 20.6 Å². The average molecular weight is 628 g/mol. The first-order valence-corrected chi connectivity index (χ1v) is 16.2. The molecule has 2 saturated heterocycles. The zero-order chi connectivity index (χ0) is 30.4. The molecule has 2 aliphatic heterocycles. The van der Waals surface area contributed by atoms with Gasteiger partial charge in [-0.3, -0.25) is 9.36 Å². The van der Waals surface area contributed by atoms with Crippen LogP contribution in [-0.4, -0.2) is 71.5 Å². The molecule has 12 nitrogen and oxygen atoms in total. The Morgan fingerprint density at radius 3 is 2.57 bits per heavy atom. The highest BCUT2D eigenvalue weighted by Gasteiger charge is 2.38. The lowest BCUT2D eigenvalue weighted by molar-refractivity contribution is -0.124. The number of aryl methyl sites for hydroxylation is 1. The van der Waals surface area contributed by atoms with Crippen LogP contribution in [0.3, 0.4) is 0 Å². The van der Waals surface area contributed by atoms with Gasteiger partial charge in [-0.1, -0.05) is 25.2 Å². The Morgan fingerprint density at radius 2 is 1.98 bits per heavy atom. The fourth-order valence-corrected chi connectivity index (χ4v) is 7.45. The van der Waals surface area contributed by atoms with Gasteiger partial charge in [0.25, 0.3) is 6.43 Å². The molecule has 42 heavy (non-hydrogen) atoms. The number of benzene rings is 1. The molecular formula is C26H35F2N7O5S2. The third kappa shape index (κ3) is 5.81. The van der Waals surface area contributed by atoms with Crippen molar-refractivity contribution in [3.05, 3.63) is 27.6 Å². The Hall–Kier alpha value is -2.95. The van der Waals surface area contributed by atoms with Gasteiger partial charge in [0.1, 0.15) is 0 Å². The normalized spacial score (nSPS) is 19.3. The topological polar surface area (TPSA) is 140 Å². The number of hydrogen-bond acceptors (Lipinski definition) is 9. The second-order valence-electron chi connectivity index (χ2n) is 11.4. The summed E-state index contributed by atoms with van der Waals surface area (Å²) in [5.41, 5.74) is -0.191. The monoisotopic (exact) mass is 627 g/mol. The summed E-state index contributed by atoms with van der Waals surface area (Å²) in [6.45, 7) is 8.76. The molecule has 3 aromatic rings. The lowest BCUT2D eigenvalue weighted by Crippen LogP contribution is -2.59. The van der Waals surface area contributed by atoms with E-state index in [1.165, 1.54) is 10.6 Å². The Labute approximate surface area is 246 Å². The number of sulfonamides is 1. The summed E-state index contributed by atoms with van der Waals surface area (Å²) in [5.74, 6) is -0.277. The molecule has 0 spiro atoms. The van der Waals surface area contributed by atoms with Gasteiger partial charge in [0.05, 0.1) is 40.4 Å². The number of anilines is 1. The summed E-state index contributed by atoms with van der Waals surface area (Å²) in [7, 11) is -4.11. The molecule has 2 aromatic heterocycles. The first kappa shape index (κ1) is 30.5. The van der Waals surface area contributed by atoms with Crippen molar-refractivity contribution in [1.29, 1.82) is 0 Å². The minimum Gasteiger partial charge on any atom is -0.377 e. The minimum absolute atomic E-state index is 0.0776. The number of amides is 1. The van der Waals surface area contributed by atoms with Gasteiger partial charge in [-0.05, 0) is 45.2 Å². The van der Waals surface area contributed by atoms with Gasteiger partial charge in [-0.15, -0.1) is 10.2 Å². The molecule has 1 aromatic carbocycles. The van der Waals surface area contributed by atoms with E-state index in [2.05, 4.69) is 20.2 Å². The summed E-state index contributed by atoms with van der Waals surface area (Å²) in [6.07, 6.45) is -0.490. The summed E-state index contributed by atoms with van der Waals surface area (Å²) in [4.78, 5) is 28.2. The largest absolute Gasteiger partial charge is 0.377 e. The van der Waals surface area contributed by atoms with Gasteiger partial charge in [0.15, 0.2) is 5.01 Å². The maximum absolute atomic E-state index is 13.8. The van der Waals surface area contributed by atoms with Crippen LogP contribution in [-0.2, 0) is 26.1 Å². The van der Waals surface area contributed by atoms with Crippen LogP contribution in [0.4, 0.5) is 14.5 Å². The van der Waals surface area contributed by atoms with Crippen LogP contribution in [0.15, 0.2) is 21.8 Å². The molecule has 2 fully saturated rings. The van der Waals surface area contributed by atoms with Gasteiger partial charge in [-0.25, -0.2) is 31.3 Å². The molecule has 2 N–H and O–H groups in total. The van der Waals surface area contributed by atoms with Gasteiger partial charge in [0, 0.05) is 31.6 Å². The van der Waals surface area contributed by atoms with E-state index >= 15 is 0 Å². The van der Waals surface area contributed by atoms with E-state index in [4.69, 9.17) is 4.74 Å². The Balaban J connectivity index is 1.71. The van der Waals surface area contributed by atoms with E-state index in [1.807, 2.05) is 18.7 Å². The van der Waals surface area contributed by atoms with Crippen molar-refractivity contribution in [2.75, 3.05) is 31.2 Å². The molecule has 1 amide bonds. The second kappa shape index (κ2) is 11.6. The fourth-order valence-electron chi connectivity index (χ4n) is 5.32.